The van der Waals surface area contributed by atoms with Crippen LogP contribution in [0.3, 0.4) is 0 Å². The molecule has 0 aliphatic heterocycles. The normalized spacial score (nSPS) is 14.1. The van der Waals surface area contributed by atoms with Crippen molar-refractivity contribution in [3.8, 4) is 33.6 Å². The molecule has 0 atom stereocenters. The molecule has 4 aromatic carbocycles. The minimum atomic E-state index is -1.28. The first-order valence-corrected chi connectivity index (χ1v) is 22.4. The van der Waals surface area contributed by atoms with E-state index in [1.165, 1.54) is 59.5 Å². The van der Waals surface area contributed by atoms with Gasteiger partial charge in [0.2, 0.25) is 0 Å². The summed E-state index contributed by atoms with van der Waals surface area (Å²) in [5, 5.41) is 3.63. The number of nitrogens with zero attached hydrogens (tertiary/aromatic N) is 2. The fourth-order valence-corrected chi connectivity index (χ4v) is 8.63. The summed E-state index contributed by atoms with van der Waals surface area (Å²) in [4.78, 5) is 9.38. The van der Waals surface area contributed by atoms with Gasteiger partial charge in [0, 0.05) is 37.9 Å². The Morgan fingerprint density at radius 3 is 2.15 bits per heavy atom. The Balaban J connectivity index is 0.000000183. The zero-order valence-corrected chi connectivity index (χ0v) is 35.5. The Hall–Kier alpha value is -4.15. The monoisotopic (exact) mass is 891 g/mol. The summed E-state index contributed by atoms with van der Waals surface area (Å²) in [7, 11) is -1.28. The van der Waals surface area contributed by atoms with Gasteiger partial charge in [-0.05, 0) is 76.0 Å². The third kappa shape index (κ3) is 8.49. The average Bonchev–Trinajstić information content (AvgIpc) is 3.53. The number of hydrogen-bond acceptors (Lipinski definition) is 3. The van der Waals surface area contributed by atoms with Gasteiger partial charge in [0.05, 0.1) is 13.7 Å². The van der Waals surface area contributed by atoms with E-state index in [0.29, 0.717) is 11.3 Å². The van der Waals surface area contributed by atoms with Crippen molar-refractivity contribution in [2.75, 3.05) is 0 Å². The van der Waals surface area contributed by atoms with Gasteiger partial charge in [0.1, 0.15) is 5.58 Å². The summed E-state index contributed by atoms with van der Waals surface area (Å²) in [5.74, 6) is 0.464. The SMILES string of the molecule is CC1(c2cc[c-]c(-c3ccc([Si](C)(C)C)cn3)c2)CCCCC1.Cc1cnc(-c2[c-]cc3oc4cc(-c5ccccc5)ccc4c3c2)cc1C(C)C.[Ir]. The summed E-state index contributed by atoms with van der Waals surface area (Å²) in [6, 6.07) is 40.9. The third-order valence-corrected chi connectivity index (χ3v) is 12.9. The Morgan fingerprint density at radius 1 is 0.717 bits per heavy atom. The minimum absolute atomic E-state index is 0. The van der Waals surface area contributed by atoms with Crippen LogP contribution < -0.4 is 5.19 Å². The van der Waals surface area contributed by atoms with Crippen molar-refractivity contribution in [3.05, 3.63) is 138 Å². The van der Waals surface area contributed by atoms with E-state index in [4.69, 9.17) is 9.40 Å². The van der Waals surface area contributed by atoms with Crippen molar-refractivity contribution in [2.24, 2.45) is 0 Å². The van der Waals surface area contributed by atoms with Crippen LogP contribution in [0.5, 0.6) is 0 Å². The van der Waals surface area contributed by atoms with E-state index in [-0.39, 0.29) is 20.1 Å². The van der Waals surface area contributed by atoms with Gasteiger partial charge in [-0.15, -0.1) is 59.2 Å². The summed E-state index contributed by atoms with van der Waals surface area (Å²) >= 11 is 0. The van der Waals surface area contributed by atoms with E-state index >= 15 is 0 Å². The zero-order chi connectivity index (χ0) is 36.5. The smallest absolute Gasteiger partial charge is 0.121 e. The van der Waals surface area contributed by atoms with Crippen LogP contribution in [0.4, 0.5) is 0 Å². The van der Waals surface area contributed by atoms with Crippen LogP contribution in [0.25, 0.3) is 55.6 Å². The summed E-state index contributed by atoms with van der Waals surface area (Å²) in [5.41, 5.74) is 12.6. The van der Waals surface area contributed by atoms with Gasteiger partial charge in [-0.1, -0.05) is 126 Å². The molecule has 0 amide bonds. The average molecular weight is 891 g/mol. The third-order valence-electron chi connectivity index (χ3n) is 10.9. The molecule has 3 aromatic heterocycles. The van der Waals surface area contributed by atoms with Gasteiger partial charge in [-0.25, -0.2) is 0 Å². The second kappa shape index (κ2) is 16.1. The molecule has 1 aliphatic rings. The first kappa shape index (κ1) is 38.6. The second-order valence-corrected chi connectivity index (χ2v) is 21.3. The van der Waals surface area contributed by atoms with Crippen molar-refractivity contribution in [2.45, 2.75) is 90.8 Å². The number of pyridine rings is 2. The molecule has 1 aliphatic carbocycles. The molecule has 0 bridgehead atoms. The van der Waals surface area contributed by atoms with E-state index in [1.54, 1.807) is 0 Å². The maximum absolute atomic E-state index is 6.13. The molecule has 3 heterocycles. The fraction of sp³-hybridized carbons (Fsp3) is 0.292. The van der Waals surface area contributed by atoms with Crippen LogP contribution >= 0.6 is 0 Å². The van der Waals surface area contributed by atoms with Crippen LogP contribution in [0, 0.1) is 19.1 Å². The van der Waals surface area contributed by atoms with Gasteiger partial charge < -0.3 is 14.4 Å². The fourth-order valence-electron chi connectivity index (χ4n) is 7.59. The van der Waals surface area contributed by atoms with Crippen molar-refractivity contribution < 1.29 is 24.5 Å². The maximum Gasteiger partial charge on any atom is 0.121 e. The predicted octanol–water partition coefficient (Wildman–Crippen LogP) is 12.9. The molecule has 0 unspecified atom stereocenters. The van der Waals surface area contributed by atoms with Crippen LogP contribution in [0.15, 0.2) is 114 Å². The molecule has 273 valence electrons. The van der Waals surface area contributed by atoms with E-state index < -0.39 is 8.07 Å². The first-order chi connectivity index (χ1) is 25.0. The molecule has 1 radical (unpaired) electrons. The van der Waals surface area contributed by atoms with E-state index in [2.05, 4.69) is 156 Å². The topological polar surface area (TPSA) is 38.9 Å². The second-order valence-electron chi connectivity index (χ2n) is 16.2. The molecule has 3 nitrogen and oxygen atoms in total. The number of benzene rings is 4. The van der Waals surface area contributed by atoms with Crippen molar-refractivity contribution in [1.29, 1.82) is 0 Å². The van der Waals surface area contributed by atoms with E-state index in [1.807, 2.05) is 18.3 Å². The van der Waals surface area contributed by atoms with E-state index in [9.17, 15) is 0 Å². The Morgan fingerprint density at radius 2 is 1.45 bits per heavy atom. The van der Waals surface area contributed by atoms with Crippen molar-refractivity contribution >= 4 is 35.2 Å². The molecular weight excluding hydrogens is 841 g/mol. The zero-order valence-electron chi connectivity index (χ0n) is 32.1. The Bertz CT molecular complexity index is 2310. The van der Waals surface area contributed by atoms with Gasteiger partial charge >= 0.3 is 0 Å². The summed E-state index contributed by atoms with van der Waals surface area (Å²) < 4.78 is 6.13. The number of aryl methyl sites for hydroxylation is 1. The molecule has 8 rings (SSSR count). The number of aromatic nitrogens is 2. The first-order valence-electron chi connectivity index (χ1n) is 18.9. The number of hydrogen-bond donors (Lipinski definition) is 0. The summed E-state index contributed by atoms with van der Waals surface area (Å²) in [6.07, 6.45) is 10.7. The molecule has 0 N–H and O–H groups in total. The van der Waals surface area contributed by atoms with Gasteiger partial charge in [-0.2, -0.15) is 0 Å². The Kier molecular flexibility index (Phi) is 11.7. The Labute approximate surface area is 330 Å². The standard InChI is InChI=1S/C27H22NO.C21H28NSi.Ir/c1-17(2)23-15-25(28-16-18(23)3)21-10-12-26-24(13-21)22-11-9-20(14-27(22)29-26)19-7-5-4-6-8-19;1-21(13-6-5-7-14-21)18-10-8-9-17(15-18)20-12-11-19(16-22-20)23(2,3)4;/h4-9,11-17H,1-3H3;8,10-12,15-16H,5-7,13-14H2,1-4H3;/q2*-1;. The quantitative estimate of drug-likeness (QED) is 0.123. The largest absolute Gasteiger partial charge is 0.500 e. The predicted molar refractivity (Wildman–Crippen MR) is 222 cm³/mol. The molecule has 1 fully saturated rings. The van der Waals surface area contributed by atoms with Gasteiger partial charge in [0.15, 0.2) is 0 Å². The van der Waals surface area contributed by atoms with Crippen molar-refractivity contribution in [3.63, 3.8) is 0 Å². The molecular formula is C48H50IrN2OSi-2. The molecule has 5 heteroatoms. The molecule has 7 aromatic rings. The molecule has 0 spiro atoms. The van der Waals surface area contributed by atoms with E-state index in [0.717, 1.165) is 50.0 Å². The molecule has 0 saturated heterocycles. The van der Waals surface area contributed by atoms with Gasteiger partial charge in [0.25, 0.3) is 0 Å². The minimum Gasteiger partial charge on any atom is -0.500 e. The van der Waals surface area contributed by atoms with Crippen molar-refractivity contribution in [1.82, 2.24) is 9.97 Å². The van der Waals surface area contributed by atoms with Crippen LogP contribution in [-0.4, -0.2) is 18.0 Å². The summed E-state index contributed by atoms with van der Waals surface area (Å²) in [6.45, 7) is 16.1. The molecule has 53 heavy (non-hydrogen) atoms. The number of furan rings is 1. The number of rotatable bonds is 6. The van der Waals surface area contributed by atoms with Gasteiger partial charge in [-0.3, -0.25) is 0 Å². The van der Waals surface area contributed by atoms with Crippen LogP contribution in [-0.2, 0) is 25.5 Å². The van der Waals surface area contributed by atoms with Crippen LogP contribution in [0.2, 0.25) is 19.6 Å². The number of fused-ring (bicyclic) bond motifs is 3. The van der Waals surface area contributed by atoms with Crippen LogP contribution in [0.1, 0.15) is 75.5 Å². The maximum atomic E-state index is 6.13. The molecule has 1 saturated carbocycles.